The summed E-state index contributed by atoms with van der Waals surface area (Å²) in [5.74, 6) is -21.7. The van der Waals surface area contributed by atoms with Crippen molar-refractivity contribution in [1.29, 1.82) is 0 Å². The van der Waals surface area contributed by atoms with E-state index >= 15 is 56.7 Å². The van der Waals surface area contributed by atoms with Crippen LogP contribution in [0.25, 0.3) is 10.9 Å². The number of nitrogens with zero attached hydrogens (tertiary/aromatic N) is 5. The lowest BCUT2D eigenvalue weighted by molar-refractivity contribution is -0.152. The van der Waals surface area contributed by atoms with Crippen LogP contribution >= 0.6 is 11.8 Å². The number of amides is 15. The molecule has 3 aliphatic rings. The van der Waals surface area contributed by atoms with Crippen LogP contribution in [0, 0.1) is 23.4 Å². The lowest BCUT2D eigenvalue weighted by atomic mass is 9.98. The highest BCUT2D eigenvalue weighted by Gasteiger charge is 2.46. The molecule has 3 aliphatic heterocycles. The van der Waals surface area contributed by atoms with Crippen LogP contribution in [0.2, 0.25) is 0 Å². The Kier molecular flexibility index (Phi) is 38.8. The second kappa shape index (κ2) is 50.6. The molecule has 10 rings (SSSR count). The third kappa shape index (κ3) is 29.1. The molecule has 4 heterocycles. The average molecular weight is 1920 g/mol. The van der Waals surface area contributed by atoms with Gasteiger partial charge in [-0.2, -0.15) is 0 Å². The molecule has 40 heteroatoms. The number of fused-ring (bicyclic) bond motifs is 3. The molecule has 0 saturated carbocycles. The summed E-state index contributed by atoms with van der Waals surface area (Å²) in [6.45, 7) is 3.39. The van der Waals surface area contributed by atoms with Gasteiger partial charge in [-0.05, 0) is 140 Å². The maximum absolute atomic E-state index is 15.8. The van der Waals surface area contributed by atoms with Gasteiger partial charge < -0.3 is 104 Å². The number of H-pyrrole nitrogens is 1. The number of primary amides is 1. The second-order valence-corrected chi connectivity index (χ2v) is 35.8. The molecule has 0 unspecified atom stereocenters. The van der Waals surface area contributed by atoms with Crippen LogP contribution in [0.3, 0.4) is 0 Å². The van der Waals surface area contributed by atoms with E-state index in [0.29, 0.717) is 75.5 Å². The van der Waals surface area contributed by atoms with Gasteiger partial charge in [0.25, 0.3) is 6.47 Å². The molecule has 0 aliphatic carbocycles. The monoisotopic (exact) mass is 1920 g/mol. The lowest BCUT2D eigenvalue weighted by Gasteiger charge is -2.38. The number of carbonyl (C=O) groups excluding carboxylic acids is 16. The molecule has 734 valence electrons. The average Bonchev–Trinajstić information content (AvgIpc) is 1.79. The number of benzene rings is 6. The van der Waals surface area contributed by atoms with Crippen molar-refractivity contribution in [2.75, 3.05) is 65.4 Å². The number of hydrogen-bond acceptors (Lipinski definition) is 21. The van der Waals surface area contributed by atoms with Crippen LogP contribution in [0.1, 0.15) is 118 Å². The van der Waals surface area contributed by atoms with Gasteiger partial charge in [-0.1, -0.05) is 137 Å². The van der Waals surface area contributed by atoms with Gasteiger partial charge in [-0.15, -0.1) is 11.8 Å². The number of aromatic hydroxyl groups is 2. The van der Waals surface area contributed by atoms with E-state index in [-0.39, 0.29) is 127 Å². The fourth-order valence-electron chi connectivity index (χ4n) is 17.0. The highest BCUT2D eigenvalue weighted by atomic mass is 32.2. The molecule has 36 nitrogen and oxygen atoms in total. The largest absolute Gasteiger partial charge is 0.508 e. The van der Waals surface area contributed by atoms with E-state index in [1.54, 1.807) is 105 Å². The fourth-order valence-corrected chi connectivity index (χ4v) is 17.9. The van der Waals surface area contributed by atoms with Gasteiger partial charge in [0.05, 0.1) is 12.3 Å². The molecule has 15 amide bonds. The molecular weight excluding hydrogens is 1800 g/mol. The summed E-state index contributed by atoms with van der Waals surface area (Å²) in [6.07, 6.45) is 0.905. The van der Waals surface area contributed by atoms with Gasteiger partial charge in [0.2, 0.25) is 88.6 Å². The zero-order valence-corrected chi connectivity index (χ0v) is 77.9. The van der Waals surface area contributed by atoms with E-state index in [9.17, 15) is 43.4 Å². The number of phenols is 2. The van der Waals surface area contributed by atoms with Crippen molar-refractivity contribution in [3.05, 3.63) is 203 Å². The zero-order chi connectivity index (χ0) is 99.3. The van der Waals surface area contributed by atoms with Gasteiger partial charge >= 0.3 is 0 Å². The number of nitrogens with one attached hydrogen (secondary N) is 10. The van der Waals surface area contributed by atoms with Crippen LogP contribution in [-0.4, -0.2) is 279 Å². The predicted molar refractivity (Wildman–Crippen MR) is 499 cm³/mol. The maximum atomic E-state index is 15.8. The zero-order valence-electron chi connectivity index (χ0n) is 77.1. The number of aromatic nitrogens is 1. The number of phenolic OH excluding ortho intramolecular Hbond substituents is 2. The van der Waals surface area contributed by atoms with Crippen LogP contribution in [0.15, 0.2) is 152 Å². The predicted octanol–water partition coefficient (Wildman–Crippen LogP) is 2.59. The Balaban J connectivity index is 1.06. The van der Waals surface area contributed by atoms with Gasteiger partial charge in [0.1, 0.15) is 96.6 Å². The van der Waals surface area contributed by atoms with Gasteiger partial charge in [-0.3, -0.25) is 76.7 Å². The summed E-state index contributed by atoms with van der Waals surface area (Å²) >= 11 is 0.675. The van der Waals surface area contributed by atoms with Crippen molar-refractivity contribution in [3.63, 3.8) is 0 Å². The Hall–Kier alpha value is -13.9. The normalized spacial score (nSPS) is 23.2. The number of unbranched alkanes of at least 4 members (excludes halogenated alkanes) is 2. The molecule has 6 aromatic carbocycles. The quantitative estimate of drug-likeness (QED) is 0.0210. The van der Waals surface area contributed by atoms with E-state index in [0.717, 1.165) is 14.7 Å². The minimum Gasteiger partial charge on any atom is -0.508 e. The maximum Gasteiger partial charge on any atom is 0.293 e. The Morgan fingerprint density at radius 1 is 0.511 bits per heavy atom. The van der Waals surface area contributed by atoms with Crippen LogP contribution in [0.4, 0.5) is 13.2 Å². The molecule has 0 spiro atoms. The minimum absolute atomic E-state index is 0.00204. The minimum atomic E-state index is -1.87. The molecule has 0 bridgehead atoms. The van der Waals surface area contributed by atoms with Crippen LogP contribution < -0.4 is 59.3 Å². The summed E-state index contributed by atoms with van der Waals surface area (Å²) in [5.41, 5.74) is 14.0. The third-order valence-electron chi connectivity index (χ3n) is 24.6. The molecule has 16 N–H and O–H groups in total. The Morgan fingerprint density at radius 3 is 1.58 bits per heavy atom. The summed E-state index contributed by atoms with van der Waals surface area (Å²) in [4.78, 5) is 247. The molecule has 7 aromatic rings. The van der Waals surface area contributed by atoms with Crippen LogP contribution in [-0.2, 0) is 120 Å². The Morgan fingerprint density at radius 2 is 1.00 bits per heavy atom. The number of ether oxygens (including phenoxy) is 1. The number of rotatable bonds is 26. The molecule has 3 saturated heterocycles. The van der Waals surface area contributed by atoms with Gasteiger partial charge in [0.15, 0.2) is 17.5 Å². The number of aromatic amines is 1. The van der Waals surface area contributed by atoms with E-state index in [4.69, 9.17) is 16.2 Å². The molecule has 1 aromatic heterocycles. The van der Waals surface area contributed by atoms with Crippen LogP contribution in [0.5, 0.6) is 11.5 Å². The number of thioether (sulfide) groups is 1. The third-order valence-corrected chi connectivity index (χ3v) is 25.6. The SMILES string of the molecule is CCCC[C@H]1C(=O)N2CCC[C@@H]2C(=O)N[C@@H](COC=O)C(=O)N[C@@H](C(C)C)C(=O)N(C)[C@@H](Cc2ccccc2)C(=O)N[C@@H](Cc2ccc(O)cc2)C(=O)N2CCC[C@@H]2C(=O)N[C@@H](Cc2c[nH]c3ccccc23)C(=O)N[C@@H](Cc2ccc(O)cc2)C(=O)N[C@@H](CCCCN)C(=O)N[C@H](C(=O)NCC(N)=O)CSCC(=O)N[C@@H](Cc2cc(F)c(F)c(F)c2)C(=O)N(C)[C@@H](Cc2ccccc2)C(=O)N1C. The molecule has 3 fully saturated rings. The standard InChI is InChI=1S/C97H120F3N17O19S/c1-7-8-28-78-96(134)117-41-20-30-77(117)91(129)110-74(52-136-55-118)89(127)112-84(56(2)3)97(135)114(5)79(47-57-21-11-9-12-22-57)92(130)109-73(45-60-33-37-64(120)38-34-60)94(132)116-40-19-29-76(116)90(128)108-71(49-62-50-103-68-26-16-15-25-65(62)68)88(126)107-70(44-59-31-35-63(119)36-32-59)87(125)106-69(27-17-18-39-101)86(124)111-75(85(123)104-51-81(102)121)53-137-54-82(122)105-72(46-61-42-66(98)83(100)67(99)43-61)93(131)115(6)80(95(133)113(78)4)48-58-23-13-10-14-24-58/h9-16,21-26,31-38,42-43,50,55-56,69-80,84,103,119-120H,7-8,17-20,27-30,39-41,44-49,51-54,101H2,1-6H3,(H2,102,121)(H,104,123)(H,105,122)(H,106,125)(H,107,126)(H,108,128)(H,109,130)(H,110,129)(H,111,124)(H,112,127)/t69-,70-,71-,72-,73-,74-,75-,76+,77+,78-,79-,80-,84-/m0/s1. The summed E-state index contributed by atoms with van der Waals surface area (Å²) < 4.78 is 50.3. The van der Waals surface area contributed by atoms with Crippen molar-refractivity contribution in [3.8, 4) is 11.5 Å². The number of carbonyl (C=O) groups is 16. The van der Waals surface area contributed by atoms with E-state index < -0.39 is 222 Å². The number of para-hydroxylation sites is 1. The fraction of sp³-hybridized carbons (Fsp3) is 0.443. The van der Waals surface area contributed by atoms with Crippen molar-refractivity contribution in [2.45, 2.75) is 202 Å². The van der Waals surface area contributed by atoms with E-state index in [2.05, 4.69) is 52.8 Å². The first kappa shape index (κ1) is 105. The Labute approximate surface area is 794 Å². The van der Waals surface area contributed by atoms with E-state index in [1.807, 2.05) is 6.92 Å². The van der Waals surface area contributed by atoms with Gasteiger partial charge in [-0.25, -0.2) is 13.2 Å². The topological polar surface area (TPSA) is 515 Å². The van der Waals surface area contributed by atoms with E-state index in [1.165, 1.54) is 79.5 Å². The molecule has 0 radical (unpaired) electrons. The first-order chi connectivity index (χ1) is 65.6. The van der Waals surface area contributed by atoms with Crippen molar-refractivity contribution in [1.82, 2.24) is 77.3 Å². The number of likely N-dealkylation sites (N-methyl/N-ethyl adjacent to an activating group) is 3. The highest BCUT2D eigenvalue weighted by Crippen LogP contribution is 2.29. The number of halogens is 3. The highest BCUT2D eigenvalue weighted by molar-refractivity contribution is 8.00. The molecular formula is C97H120F3N17O19S. The number of hydrogen-bond donors (Lipinski definition) is 14. The van der Waals surface area contributed by atoms with Crippen molar-refractivity contribution in [2.24, 2.45) is 17.4 Å². The summed E-state index contributed by atoms with van der Waals surface area (Å²) in [7, 11) is 3.83. The van der Waals surface area contributed by atoms with Crippen molar-refractivity contribution < 1.29 is 105 Å². The lowest BCUT2D eigenvalue weighted by Crippen LogP contribution is -2.62. The molecule has 13 atom stereocenters. The summed E-state index contributed by atoms with van der Waals surface area (Å²) in [6, 6.07) is 15.8. The molecule has 137 heavy (non-hydrogen) atoms. The summed E-state index contributed by atoms with van der Waals surface area (Å²) in [5, 5.41) is 45.6. The smallest absolute Gasteiger partial charge is 0.293 e. The Bertz CT molecular complexity index is 5410. The first-order valence-electron chi connectivity index (χ1n) is 45.6. The first-order valence-corrected chi connectivity index (χ1v) is 46.8. The van der Waals surface area contributed by atoms with Gasteiger partial charge in [0, 0.05) is 95.6 Å². The van der Waals surface area contributed by atoms with Crippen molar-refractivity contribution >= 4 is 118 Å². The second-order valence-electron chi connectivity index (χ2n) is 34.8. The number of nitrogens with two attached hydrogens (primary N) is 2.